The number of rotatable bonds is 6. The van der Waals surface area contributed by atoms with Gasteiger partial charge in [0.1, 0.15) is 0 Å². The Kier molecular flexibility index (Phi) is 5.77. The number of nitrogens with zero attached hydrogens (tertiary/aromatic N) is 1. The van der Waals surface area contributed by atoms with Crippen LogP contribution in [-0.2, 0) is 4.79 Å². The second kappa shape index (κ2) is 6.86. The van der Waals surface area contributed by atoms with Gasteiger partial charge in [0, 0.05) is 18.6 Å². The van der Waals surface area contributed by atoms with E-state index in [-0.39, 0.29) is 12.5 Å². The first-order chi connectivity index (χ1) is 7.58. The van der Waals surface area contributed by atoms with E-state index in [0.29, 0.717) is 6.04 Å². The van der Waals surface area contributed by atoms with Crippen LogP contribution in [0, 0.1) is 0 Å². The molecule has 0 aromatic heterocycles. The first kappa shape index (κ1) is 13.5. The quantitative estimate of drug-likeness (QED) is 0.720. The second-order valence-corrected chi connectivity index (χ2v) is 4.93. The number of carboxylic acids is 1. The summed E-state index contributed by atoms with van der Waals surface area (Å²) in [5.41, 5.74) is 0. The highest BCUT2D eigenvalue weighted by atomic mass is 16.4. The second-order valence-electron chi connectivity index (χ2n) is 4.93. The molecule has 2 atom stereocenters. The fourth-order valence-corrected chi connectivity index (χ4v) is 2.39. The van der Waals surface area contributed by atoms with Crippen LogP contribution < -0.4 is 5.32 Å². The fraction of sp³-hybridized carbons (Fsp3) is 0.917. The Balaban J connectivity index is 2.18. The molecule has 0 spiro atoms. The molecule has 4 nitrogen and oxygen atoms in total. The monoisotopic (exact) mass is 228 g/mol. The number of hydrogen-bond donors (Lipinski definition) is 2. The van der Waals surface area contributed by atoms with E-state index in [0.717, 1.165) is 6.54 Å². The van der Waals surface area contributed by atoms with Crippen molar-refractivity contribution in [1.29, 1.82) is 0 Å². The zero-order valence-electron chi connectivity index (χ0n) is 10.4. The molecule has 0 radical (unpaired) electrons. The number of aliphatic carboxylic acids is 1. The van der Waals surface area contributed by atoms with Crippen LogP contribution >= 0.6 is 0 Å². The van der Waals surface area contributed by atoms with Crippen molar-refractivity contribution >= 4 is 5.97 Å². The average molecular weight is 228 g/mol. The average Bonchev–Trinajstić information content (AvgIpc) is 2.17. The smallest absolute Gasteiger partial charge is 0.304 e. The molecule has 0 bridgehead atoms. The number of carboxylic acid groups (broad SMARTS) is 1. The van der Waals surface area contributed by atoms with Crippen LogP contribution in [-0.4, -0.2) is 47.7 Å². The van der Waals surface area contributed by atoms with E-state index in [1.54, 1.807) is 0 Å². The van der Waals surface area contributed by atoms with Gasteiger partial charge in [-0.2, -0.15) is 0 Å². The topological polar surface area (TPSA) is 52.6 Å². The molecular formula is C12H24N2O2. The van der Waals surface area contributed by atoms with E-state index < -0.39 is 5.97 Å². The van der Waals surface area contributed by atoms with Gasteiger partial charge in [0.25, 0.3) is 0 Å². The highest BCUT2D eigenvalue weighted by molar-refractivity contribution is 5.67. The van der Waals surface area contributed by atoms with Gasteiger partial charge in [0.2, 0.25) is 0 Å². The Morgan fingerprint density at radius 3 is 2.44 bits per heavy atom. The van der Waals surface area contributed by atoms with Crippen molar-refractivity contribution in [3.05, 3.63) is 0 Å². The summed E-state index contributed by atoms with van der Waals surface area (Å²) in [4.78, 5) is 13.0. The maximum absolute atomic E-state index is 10.5. The summed E-state index contributed by atoms with van der Waals surface area (Å²) in [6.07, 6.45) is 4.16. The molecule has 4 heteroatoms. The lowest BCUT2D eigenvalue weighted by molar-refractivity contribution is -0.137. The highest BCUT2D eigenvalue weighted by Crippen LogP contribution is 2.09. The number of carbonyl (C=O) groups is 1. The van der Waals surface area contributed by atoms with Crippen molar-refractivity contribution in [1.82, 2.24) is 10.2 Å². The zero-order chi connectivity index (χ0) is 12.0. The third-order valence-electron chi connectivity index (χ3n) is 3.03. The van der Waals surface area contributed by atoms with Crippen molar-refractivity contribution in [3.8, 4) is 0 Å². The number of piperidine rings is 1. The van der Waals surface area contributed by atoms with Gasteiger partial charge < -0.3 is 15.3 Å². The molecule has 0 amide bonds. The molecule has 1 saturated heterocycles. The fourth-order valence-electron chi connectivity index (χ4n) is 2.39. The Bertz CT molecular complexity index is 215. The molecule has 94 valence electrons. The number of nitrogens with one attached hydrogen (secondary N) is 1. The van der Waals surface area contributed by atoms with Gasteiger partial charge in [-0.25, -0.2) is 0 Å². The number of hydrogen-bond acceptors (Lipinski definition) is 3. The Morgan fingerprint density at radius 2 is 1.88 bits per heavy atom. The summed E-state index contributed by atoms with van der Waals surface area (Å²) in [6, 6.07) is 0.421. The standard InChI is InChI=1S/C12H24N2O2/c1-10(8-12(15)16)13-11(2)9-14-6-4-3-5-7-14/h10-11,13H,3-9H2,1-2H3,(H,15,16). The summed E-state index contributed by atoms with van der Waals surface area (Å²) >= 11 is 0. The van der Waals surface area contributed by atoms with Gasteiger partial charge in [-0.15, -0.1) is 0 Å². The Labute approximate surface area is 98.0 Å². The highest BCUT2D eigenvalue weighted by Gasteiger charge is 2.15. The SMILES string of the molecule is CC(CC(=O)O)NC(C)CN1CCCCC1. The molecule has 2 N–H and O–H groups in total. The van der Waals surface area contributed by atoms with Gasteiger partial charge in [-0.1, -0.05) is 6.42 Å². The van der Waals surface area contributed by atoms with Crippen LogP contribution in [0.15, 0.2) is 0 Å². The molecule has 0 aliphatic carbocycles. The van der Waals surface area contributed by atoms with Crippen LogP contribution in [0.5, 0.6) is 0 Å². The Morgan fingerprint density at radius 1 is 1.25 bits per heavy atom. The zero-order valence-corrected chi connectivity index (χ0v) is 10.4. The van der Waals surface area contributed by atoms with E-state index in [4.69, 9.17) is 5.11 Å². The molecule has 0 aromatic rings. The third-order valence-corrected chi connectivity index (χ3v) is 3.03. The molecule has 0 saturated carbocycles. The largest absolute Gasteiger partial charge is 0.481 e. The molecule has 1 rings (SSSR count). The molecule has 1 fully saturated rings. The molecule has 2 unspecified atom stereocenters. The van der Waals surface area contributed by atoms with Crippen LogP contribution in [0.4, 0.5) is 0 Å². The van der Waals surface area contributed by atoms with Crippen molar-refractivity contribution in [2.75, 3.05) is 19.6 Å². The van der Waals surface area contributed by atoms with E-state index >= 15 is 0 Å². The normalized spacial score (nSPS) is 21.6. The van der Waals surface area contributed by atoms with Gasteiger partial charge >= 0.3 is 5.97 Å². The molecule has 1 aliphatic rings. The van der Waals surface area contributed by atoms with Gasteiger partial charge in [0.05, 0.1) is 6.42 Å². The first-order valence-corrected chi connectivity index (χ1v) is 6.28. The Hall–Kier alpha value is -0.610. The van der Waals surface area contributed by atoms with Crippen molar-refractivity contribution in [2.24, 2.45) is 0 Å². The van der Waals surface area contributed by atoms with Crippen molar-refractivity contribution < 1.29 is 9.90 Å². The third kappa shape index (κ3) is 5.47. The van der Waals surface area contributed by atoms with Gasteiger partial charge in [-0.3, -0.25) is 4.79 Å². The van der Waals surface area contributed by atoms with Crippen LogP contribution in [0.25, 0.3) is 0 Å². The summed E-state index contributed by atoms with van der Waals surface area (Å²) in [5.74, 6) is -0.731. The maximum Gasteiger partial charge on any atom is 0.304 e. The van der Waals surface area contributed by atoms with Gasteiger partial charge in [0.15, 0.2) is 0 Å². The lowest BCUT2D eigenvalue weighted by atomic mass is 10.1. The van der Waals surface area contributed by atoms with Gasteiger partial charge in [-0.05, 0) is 39.8 Å². The van der Waals surface area contributed by atoms with E-state index in [1.165, 1.54) is 32.4 Å². The predicted octanol–water partition coefficient (Wildman–Crippen LogP) is 1.31. The minimum absolute atomic E-state index is 0.0530. The first-order valence-electron chi connectivity index (χ1n) is 6.28. The molecule has 1 aliphatic heterocycles. The molecule has 0 aromatic carbocycles. The molecule has 1 heterocycles. The summed E-state index contributed by atoms with van der Waals surface area (Å²) in [5, 5.41) is 12.0. The maximum atomic E-state index is 10.5. The van der Waals surface area contributed by atoms with Crippen LogP contribution in [0.3, 0.4) is 0 Å². The minimum atomic E-state index is -0.731. The predicted molar refractivity (Wildman–Crippen MR) is 64.6 cm³/mol. The van der Waals surface area contributed by atoms with Crippen LogP contribution in [0.2, 0.25) is 0 Å². The van der Waals surface area contributed by atoms with Crippen molar-refractivity contribution in [2.45, 2.75) is 51.6 Å². The van der Waals surface area contributed by atoms with E-state index in [2.05, 4.69) is 17.1 Å². The molecule has 16 heavy (non-hydrogen) atoms. The molecular weight excluding hydrogens is 204 g/mol. The van der Waals surface area contributed by atoms with Crippen molar-refractivity contribution in [3.63, 3.8) is 0 Å². The number of likely N-dealkylation sites (tertiary alicyclic amines) is 1. The summed E-state index contributed by atoms with van der Waals surface area (Å²) in [6.45, 7) is 7.48. The minimum Gasteiger partial charge on any atom is -0.481 e. The van der Waals surface area contributed by atoms with E-state index in [9.17, 15) is 4.79 Å². The summed E-state index contributed by atoms with van der Waals surface area (Å²) < 4.78 is 0. The summed E-state index contributed by atoms with van der Waals surface area (Å²) in [7, 11) is 0. The van der Waals surface area contributed by atoms with Crippen LogP contribution in [0.1, 0.15) is 39.5 Å². The lowest BCUT2D eigenvalue weighted by Crippen LogP contribution is -2.45. The lowest BCUT2D eigenvalue weighted by Gasteiger charge is -2.30. The van der Waals surface area contributed by atoms with E-state index in [1.807, 2.05) is 6.92 Å².